The molecular weight excluding hydrogens is 242 g/mol. The first-order chi connectivity index (χ1) is 9.04. The largest absolute Gasteiger partial charge is 0.466 e. The maximum Gasteiger partial charge on any atom is 0.306 e. The molecule has 0 atom stereocenters. The molecule has 0 aromatic heterocycles. The highest BCUT2D eigenvalue weighted by Crippen LogP contribution is 2.25. The minimum Gasteiger partial charge on any atom is -0.466 e. The van der Waals surface area contributed by atoms with Crippen LogP contribution in [-0.4, -0.2) is 36.0 Å². The van der Waals surface area contributed by atoms with Gasteiger partial charge >= 0.3 is 5.97 Å². The van der Waals surface area contributed by atoms with Crippen LogP contribution in [0.5, 0.6) is 0 Å². The van der Waals surface area contributed by atoms with E-state index < -0.39 is 0 Å². The van der Waals surface area contributed by atoms with Crippen LogP contribution in [0, 0.1) is 5.92 Å². The number of carbonyl (C=O) groups excluding carboxylic acids is 2. The standard InChI is InChI=1S/C15H27NO3/c1-4-19-15(18)10-9-14(17)16(11-12(2)3)13-7-5-6-8-13/h12-13H,4-11H2,1-3H3. The maximum atomic E-state index is 12.3. The van der Waals surface area contributed by atoms with Gasteiger partial charge in [0.2, 0.25) is 5.91 Å². The number of rotatable bonds is 7. The second kappa shape index (κ2) is 8.18. The second-order valence-corrected chi connectivity index (χ2v) is 5.68. The Morgan fingerprint density at radius 1 is 1.21 bits per heavy atom. The van der Waals surface area contributed by atoms with E-state index in [1.165, 1.54) is 12.8 Å². The van der Waals surface area contributed by atoms with Gasteiger partial charge in [0.15, 0.2) is 0 Å². The lowest BCUT2D eigenvalue weighted by molar-refractivity contribution is -0.146. The quantitative estimate of drug-likeness (QED) is 0.668. The molecule has 110 valence electrons. The number of hydrogen-bond donors (Lipinski definition) is 0. The van der Waals surface area contributed by atoms with Gasteiger partial charge in [0, 0.05) is 19.0 Å². The van der Waals surface area contributed by atoms with Crippen molar-refractivity contribution >= 4 is 11.9 Å². The minimum absolute atomic E-state index is 0.105. The van der Waals surface area contributed by atoms with E-state index in [-0.39, 0.29) is 24.7 Å². The predicted molar refractivity (Wildman–Crippen MR) is 74.7 cm³/mol. The Labute approximate surface area is 116 Å². The van der Waals surface area contributed by atoms with Crippen molar-refractivity contribution in [2.24, 2.45) is 5.92 Å². The Bertz CT molecular complexity index is 296. The molecule has 1 aliphatic rings. The zero-order valence-corrected chi connectivity index (χ0v) is 12.5. The Morgan fingerprint density at radius 2 is 1.84 bits per heavy atom. The average molecular weight is 269 g/mol. The lowest BCUT2D eigenvalue weighted by Crippen LogP contribution is -2.41. The van der Waals surface area contributed by atoms with Gasteiger partial charge < -0.3 is 9.64 Å². The first-order valence-electron chi connectivity index (χ1n) is 7.49. The van der Waals surface area contributed by atoms with Crippen molar-refractivity contribution in [3.05, 3.63) is 0 Å². The first kappa shape index (κ1) is 16.0. The summed E-state index contributed by atoms with van der Waals surface area (Å²) in [5, 5.41) is 0. The Balaban J connectivity index is 2.48. The van der Waals surface area contributed by atoms with Crippen LogP contribution < -0.4 is 0 Å². The predicted octanol–water partition coefficient (Wildman–Crippen LogP) is 2.76. The summed E-state index contributed by atoms with van der Waals surface area (Å²) in [6.07, 6.45) is 5.13. The van der Waals surface area contributed by atoms with Crippen molar-refractivity contribution in [1.82, 2.24) is 4.90 Å². The van der Waals surface area contributed by atoms with Gasteiger partial charge in [-0.25, -0.2) is 0 Å². The van der Waals surface area contributed by atoms with Crippen molar-refractivity contribution in [1.29, 1.82) is 0 Å². The fourth-order valence-electron chi connectivity index (χ4n) is 2.65. The van der Waals surface area contributed by atoms with E-state index in [1.807, 2.05) is 4.90 Å². The van der Waals surface area contributed by atoms with Crippen molar-refractivity contribution in [3.8, 4) is 0 Å². The summed E-state index contributed by atoms with van der Waals surface area (Å²) in [7, 11) is 0. The Hall–Kier alpha value is -1.06. The van der Waals surface area contributed by atoms with Crippen molar-refractivity contribution in [2.75, 3.05) is 13.2 Å². The van der Waals surface area contributed by atoms with Crippen LogP contribution in [0.3, 0.4) is 0 Å². The summed E-state index contributed by atoms with van der Waals surface area (Å²) in [6, 6.07) is 0.386. The molecule has 1 aliphatic carbocycles. The molecule has 0 radical (unpaired) electrons. The molecule has 4 nitrogen and oxygen atoms in total. The van der Waals surface area contributed by atoms with Gasteiger partial charge in [-0.2, -0.15) is 0 Å². The zero-order chi connectivity index (χ0) is 14.3. The number of nitrogens with zero attached hydrogens (tertiary/aromatic N) is 1. The van der Waals surface area contributed by atoms with Crippen LogP contribution in [0.2, 0.25) is 0 Å². The molecule has 0 spiro atoms. The highest BCUT2D eigenvalue weighted by Gasteiger charge is 2.27. The second-order valence-electron chi connectivity index (χ2n) is 5.68. The summed E-state index contributed by atoms with van der Waals surface area (Å²) in [6.45, 7) is 7.21. The average Bonchev–Trinajstić information content (AvgIpc) is 2.86. The molecule has 0 heterocycles. The molecule has 4 heteroatoms. The van der Waals surface area contributed by atoms with E-state index in [9.17, 15) is 9.59 Å². The number of esters is 1. The summed E-state index contributed by atoms with van der Waals surface area (Å²) >= 11 is 0. The molecule has 0 N–H and O–H groups in total. The highest BCUT2D eigenvalue weighted by molar-refractivity contribution is 5.81. The Morgan fingerprint density at radius 3 is 2.37 bits per heavy atom. The monoisotopic (exact) mass is 269 g/mol. The third kappa shape index (κ3) is 5.62. The molecule has 0 aromatic carbocycles. The molecule has 1 saturated carbocycles. The fraction of sp³-hybridized carbons (Fsp3) is 0.867. The van der Waals surface area contributed by atoms with Crippen LogP contribution in [0.1, 0.15) is 59.3 Å². The molecule has 1 fully saturated rings. The van der Waals surface area contributed by atoms with Gasteiger partial charge in [-0.05, 0) is 25.7 Å². The van der Waals surface area contributed by atoms with E-state index >= 15 is 0 Å². The summed E-state index contributed by atoms with van der Waals surface area (Å²) in [5.41, 5.74) is 0. The smallest absolute Gasteiger partial charge is 0.306 e. The van der Waals surface area contributed by atoms with Gasteiger partial charge in [0.05, 0.1) is 13.0 Å². The third-order valence-corrected chi connectivity index (χ3v) is 3.50. The van der Waals surface area contributed by atoms with Crippen LogP contribution in [0.15, 0.2) is 0 Å². The minimum atomic E-state index is -0.272. The first-order valence-corrected chi connectivity index (χ1v) is 7.49. The van der Waals surface area contributed by atoms with Gasteiger partial charge in [0.1, 0.15) is 0 Å². The maximum absolute atomic E-state index is 12.3. The highest BCUT2D eigenvalue weighted by atomic mass is 16.5. The van der Waals surface area contributed by atoms with E-state index in [2.05, 4.69) is 13.8 Å². The molecule has 0 aromatic rings. The zero-order valence-electron chi connectivity index (χ0n) is 12.5. The van der Waals surface area contributed by atoms with Crippen LogP contribution >= 0.6 is 0 Å². The normalized spacial score (nSPS) is 15.8. The fourth-order valence-corrected chi connectivity index (χ4v) is 2.65. The SMILES string of the molecule is CCOC(=O)CCC(=O)N(CC(C)C)C1CCCC1. The number of hydrogen-bond acceptors (Lipinski definition) is 3. The van der Waals surface area contributed by atoms with Crippen molar-refractivity contribution in [2.45, 2.75) is 65.3 Å². The summed E-state index contributed by atoms with van der Waals surface area (Å²) < 4.78 is 4.87. The molecule has 19 heavy (non-hydrogen) atoms. The van der Waals surface area contributed by atoms with Crippen molar-refractivity contribution in [3.63, 3.8) is 0 Å². The van der Waals surface area contributed by atoms with E-state index in [0.29, 0.717) is 18.6 Å². The number of carbonyl (C=O) groups is 2. The molecule has 0 unspecified atom stereocenters. The molecule has 0 aliphatic heterocycles. The number of amides is 1. The van der Waals surface area contributed by atoms with Crippen molar-refractivity contribution < 1.29 is 14.3 Å². The Kier molecular flexibility index (Phi) is 6.89. The third-order valence-electron chi connectivity index (χ3n) is 3.50. The van der Waals surface area contributed by atoms with Crippen LogP contribution in [-0.2, 0) is 14.3 Å². The van der Waals surface area contributed by atoms with Crippen LogP contribution in [0.4, 0.5) is 0 Å². The topological polar surface area (TPSA) is 46.6 Å². The lowest BCUT2D eigenvalue weighted by Gasteiger charge is -2.30. The molecule has 1 amide bonds. The molecule has 0 bridgehead atoms. The van der Waals surface area contributed by atoms with Gasteiger partial charge in [-0.1, -0.05) is 26.7 Å². The summed E-state index contributed by atoms with van der Waals surface area (Å²) in [5.74, 6) is 0.299. The van der Waals surface area contributed by atoms with E-state index in [0.717, 1.165) is 19.4 Å². The molecule has 0 saturated heterocycles. The van der Waals surface area contributed by atoms with E-state index in [4.69, 9.17) is 4.74 Å². The van der Waals surface area contributed by atoms with Gasteiger partial charge in [0.25, 0.3) is 0 Å². The van der Waals surface area contributed by atoms with Gasteiger partial charge in [-0.15, -0.1) is 0 Å². The van der Waals surface area contributed by atoms with Crippen LogP contribution in [0.25, 0.3) is 0 Å². The molecule has 1 rings (SSSR count). The van der Waals surface area contributed by atoms with Gasteiger partial charge in [-0.3, -0.25) is 9.59 Å². The molecular formula is C15H27NO3. The summed E-state index contributed by atoms with van der Waals surface area (Å²) in [4.78, 5) is 25.6. The lowest BCUT2D eigenvalue weighted by atomic mass is 10.1. The number of ether oxygens (including phenoxy) is 1. The van der Waals surface area contributed by atoms with E-state index in [1.54, 1.807) is 6.92 Å².